The van der Waals surface area contributed by atoms with Crippen LogP contribution in [-0.4, -0.2) is 36.1 Å². The zero-order chi connectivity index (χ0) is 21.1. The summed E-state index contributed by atoms with van der Waals surface area (Å²) in [5.41, 5.74) is 4.69. The molecule has 0 fully saturated rings. The van der Waals surface area contributed by atoms with Crippen LogP contribution in [-0.2, 0) is 25.5 Å². The number of aromatic nitrogens is 1. The SMILES string of the molecule is CC(=O)CC(=O)OC(C)CCOCC(C)=Cc1ccc(Cc2cccnc2)cc1. The van der Waals surface area contributed by atoms with E-state index in [9.17, 15) is 9.59 Å². The van der Waals surface area contributed by atoms with Crippen molar-refractivity contribution in [3.05, 3.63) is 71.1 Å². The minimum Gasteiger partial charge on any atom is -0.462 e. The Hall–Kier alpha value is -2.79. The minimum absolute atomic E-state index is 0.173. The van der Waals surface area contributed by atoms with Crippen molar-refractivity contribution in [2.45, 2.75) is 46.1 Å². The second-order valence-corrected chi connectivity index (χ2v) is 7.29. The third-order valence-corrected chi connectivity index (χ3v) is 4.25. The van der Waals surface area contributed by atoms with Crippen LogP contribution in [0.3, 0.4) is 0 Å². The van der Waals surface area contributed by atoms with E-state index in [4.69, 9.17) is 9.47 Å². The molecule has 0 aliphatic heterocycles. The van der Waals surface area contributed by atoms with Gasteiger partial charge in [-0.15, -0.1) is 0 Å². The number of nitrogens with zero attached hydrogens (tertiary/aromatic N) is 1. The number of Topliss-reactive ketones (excluding diaryl/α,β-unsaturated/α-hetero) is 1. The van der Waals surface area contributed by atoms with Crippen molar-refractivity contribution in [3.8, 4) is 0 Å². The Morgan fingerprint density at radius 3 is 2.52 bits per heavy atom. The van der Waals surface area contributed by atoms with E-state index in [0.29, 0.717) is 19.6 Å². The van der Waals surface area contributed by atoms with Crippen LogP contribution < -0.4 is 0 Å². The molecule has 2 rings (SSSR count). The number of carbonyl (C=O) groups is 2. The molecule has 0 amide bonds. The van der Waals surface area contributed by atoms with Gasteiger partial charge in [-0.25, -0.2) is 0 Å². The molecular formula is C24H29NO4. The molecule has 5 heteroatoms. The number of rotatable bonds is 11. The molecule has 5 nitrogen and oxygen atoms in total. The number of hydrogen-bond donors (Lipinski definition) is 0. The van der Waals surface area contributed by atoms with Gasteiger partial charge in [-0.3, -0.25) is 14.6 Å². The topological polar surface area (TPSA) is 65.5 Å². The van der Waals surface area contributed by atoms with E-state index < -0.39 is 5.97 Å². The van der Waals surface area contributed by atoms with Crippen LogP contribution in [0.15, 0.2) is 54.4 Å². The van der Waals surface area contributed by atoms with Crippen LogP contribution in [0.25, 0.3) is 6.08 Å². The third-order valence-electron chi connectivity index (χ3n) is 4.25. The van der Waals surface area contributed by atoms with Crippen molar-refractivity contribution in [1.82, 2.24) is 4.98 Å². The van der Waals surface area contributed by atoms with Gasteiger partial charge < -0.3 is 9.47 Å². The first kappa shape index (κ1) is 22.5. The Labute approximate surface area is 172 Å². The second-order valence-electron chi connectivity index (χ2n) is 7.29. The van der Waals surface area contributed by atoms with E-state index in [0.717, 1.165) is 17.6 Å². The van der Waals surface area contributed by atoms with E-state index in [1.807, 2.05) is 19.2 Å². The smallest absolute Gasteiger partial charge is 0.313 e. The summed E-state index contributed by atoms with van der Waals surface area (Å²) in [6, 6.07) is 12.5. The number of pyridine rings is 1. The fourth-order valence-electron chi connectivity index (χ4n) is 2.81. The lowest BCUT2D eigenvalue weighted by Crippen LogP contribution is -2.18. The summed E-state index contributed by atoms with van der Waals surface area (Å²) in [6.07, 6.45) is 6.80. The molecule has 1 heterocycles. The third kappa shape index (κ3) is 9.30. The Bertz CT molecular complexity index is 813. The van der Waals surface area contributed by atoms with Crippen LogP contribution in [0, 0.1) is 0 Å². The molecule has 0 saturated carbocycles. The lowest BCUT2D eigenvalue weighted by atomic mass is 10.0. The summed E-state index contributed by atoms with van der Waals surface area (Å²) in [5.74, 6) is -0.669. The van der Waals surface area contributed by atoms with Crippen molar-refractivity contribution in [2.24, 2.45) is 0 Å². The Kier molecular flexibility index (Phi) is 9.25. The molecule has 1 atom stereocenters. The predicted molar refractivity (Wildman–Crippen MR) is 113 cm³/mol. The molecule has 0 aliphatic carbocycles. The highest BCUT2D eigenvalue weighted by atomic mass is 16.5. The summed E-state index contributed by atoms with van der Waals surface area (Å²) < 4.78 is 10.8. The largest absolute Gasteiger partial charge is 0.462 e. The molecule has 0 saturated heterocycles. The molecule has 0 radical (unpaired) electrons. The minimum atomic E-state index is -0.479. The molecule has 0 aliphatic rings. The van der Waals surface area contributed by atoms with Crippen LogP contribution in [0.5, 0.6) is 0 Å². The van der Waals surface area contributed by atoms with Gasteiger partial charge in [-0.05, 0) is 55.5 Å². The van der Waals surface area contributed by atoms with Gasteiger partial charge in [0.15, 0.2) is 0 Å². The van der Waals surface area contributed by atoms with E-state index in [1.54, 1.807) is 13.1 Å². The predicted octanol–water partition coefficient (Wildman–Crippen LogP) is 4.39. The molecule has 0 spiro atoms. The van der Waals surface area contributed by atoms with Gasteiger partial charge >= 0.3 is 5.97 Å². The lowest BCUT2D eigenvalue weighted by molar-refractivity contribution is -0.150. The van der Waals surface area contributed by atoms with Gasteiger partial charge in [-0.2, -0.15) is 0 Å². The van der Waals surface area contributed by atoms with Crippen LogP contribution in [0.1, 0.15) is 50.3 Å². The van der Waals surface area contributed by atoms with Crippen molar-refractivity contribution in [3.63, 3.8) is 0 Å². The van der Waals surface area contributed by atoms with Crippen molar-refractivity contribution in [2.75, 3.05) is 13.2 Å². The zero-order valence-corrected chi connectivity index (χ0v) is 17.4. The van der Waals surface area contributed by atoms with Crippen LogP contribution >= 0.6 is 0 Å². The highest BCUT2D eigenvalue weighted by Crippen LogP contribution is 2.13. The highest BCUT2D eigenvalue weighted by Gasteiger charge is 2.11. The highest BCUT2D eigenvalue weighted by molar-refractivity contribution is 5.94. The number of carbonyl (C=O) groups excluding carboxylic acids is 2. The first-order chi connectivity index (χ1) is 13.9. The van der Waals surface area contributed by atoms with Crippen LogP contribution in [0.4, 0.5) is 0 Å². The molecule has 0 bridgehead atoms. The van der Waals surface area contributed by atoms with Gasteiger partial charge in [0.1, 0.15) is 18.3 Å². The monoisotopic (exact) mass is 395 g/mol. The molecular weight excluding hydrogens is 366 g/mol. The molecule has 29 heavy (non-hydrogen) atoms. The zero-order valence-electron chi connectivity index (χ0n) is 17.4. The maximum atomic E-state index is 11.4. The summed E-state index contributed by atoms with van der Waals surface area (Å²) in [5, 5.41) is 0. The average Bonchev–Trinajstić information content (AvgIpc) is 2.67. The Morgan fingerprint density at radius 1 is 1.10 bits per heavy atom. The van der Waals surface area contributed by atoms with Gasteiger partial charge in [0, 0.05) is 18.8 Å². The fourth-order valence-corrected chi connectivity index (χ4v) is 2.81. The normalized spacial score (nSPS) is 12.4. The van der Waals surface area contributed by atoms with Gasteiger partial charge in [0.05, 0.1) is 13.2 Å². The van der Waals surface area contributed by atoms with E-state index >= 15 is 0 Å². The lowest BCUT2D eigenvalue weighted by Gasteiger charge is -2.13. The van der Waals surface area contributed by atoms with Crippen molar-refractivity contribution >= 4 is 17.8 Å². The maximum Gasteiger partial charge on any atom is 0.313 e. The van der Waals surface area contributed by atoms with Crippen LogP contribution in [0.2, 0.25) is 0 Å². The molecule has 154 valence electrons. The number of hydrogen-bond acceptors (Lipinski definition) is 5. The first-order valence-electron chi connectivity index (χ1n) is 9.84. The summed E-state index contributed by atoms with van der Waals surface area (Å²) in [4.78, 5) is 26.5. The molecule has 0 N–H and O–H groups in total. The van der Waals surface area contributed by atoms with Crippen molar-refractivity contribution < 1.29 is 19.1 Å². The quantitative estimate of drug-likeness (QED) is 0.321. The molecule has 2 aromatic rings. The first-order valence-corrected chi connectivity index (χ1v) is 9.84. The molecule has 1 aromatic carbocycles. The number of ketones is 1. The average molecular weight is 395 g/mol. The van der Waals surface area contributed by atoms with Gasteiger partial charge in [0.2, 0.25) is 0 Å². The summed E-state index contributed by atoms with van der Waals surface area (Å²) in [7, 11) is 0. The number of ether oxygens (including phenoxy) is 2. The van der Waals surface area contributed by atoms with E-state index in [1.165, 1.54) is 18.1 Å². The van der Waals surface area contributed by atoms with Crippen molar-refractivity contribution in [1.29, 1.82) is 0 Å². The van der Waals surface area contributed by atoms with Gasteiger partial charge in [-0.1, -0.05) is 36.4 Å². The Morgan fingerprint density at radius 2 is 1.86 bits per heavy atom. The Balaban J connectivity index is 1.71. The number of esters is 1. The summed E-state index contributed by atoms with van der Waals surface area (Å²) in [6.45, 7) is 6.21. The number of benzene rings is 1. The second kappa shape index (κ2) is 11.9. The fraction of sp³-hybridized carbons (Fsp3) is 0.375. The molecule has 1 aromatic heterocycles. The maximum absolute atomic E-state index is 11.4. The van der Waals surface area contributed by atoms with E-state index in [2.05, 4.69) is 41.4 Å². The van der Waals surface area contributed by atoms with E-state index in [-0.39, 0.29) is 18.3 Å². The van der Waals surface area contributed by atoms with Gasteiger partial charge in [0.25, 0.3) is 0 Å². The summed E-state index contributed by atoms with van der Waals surface area (Å²) >= 11 is 0. The standard InChI is InChI=1S/C24H29NO4/c1-18(17-28-12-10-20(3)29-24(27)14-19(2)26)13-21-6-8-22(9-7-21)15-23-5-4-11-25-16-23/h4-9,11,13,16,20H,10,12,14-15,17H2,1-3H3. The molecule has 1 unspecified atom stereocenters.